The van der Waals surface area contributed by atoms with Crippen LogP contribution < -0.4 is 9.47 Å². The Bertz CT molecular complexity index is 729. The van der Waals surface area contributed by atoms with Crippen LogP contribution in [-0.2, 0) is 6.54 Å². The standard InChI is InChI=1S/C18H18N2O2/c1-21-16-9-6-10-17(22-2)18(16)15-11-19-20(13-15)12-14-7-4-3-5-8-14/h3-11,13H,12H2,1-2H3. The fourth-order valence-corrected chi connectivity index (χ4v) is 2.49. The molecule has 0 aliphatic carbocycles. The van der Waals surface area contributed by atoms with Gasteiger partial charge >= 0.3 is 0 Å². The molecule has 112 valence electrons. The molecular weight excluding hydrogens is 276 g/mol. The summed E-state index contributed by atoms with van der Waals surface area (Å²) >= 11 is 0. The number of rotatable bonds is 5. The summed E-state index contributed by atoms with van der Waals surface area (Å²) in [5, 5.41) is 4.44. The smallest absolute Gasteiger partial charge is 0.130 e. The molecule has 0 fully saturated rings. The van der Waals surface area contributed by atoms with Gasteiger partial charge in [0.25, 0.3) is 0 Å². The topological polar surface area (TPSA) is 36.3 Å². The van der Waals surface area contributed by atoms with E-state index in [4.69, 9.17) is 9.47 Å². The van der Waals surface area contributed by atoms with Gasteiger partial charge in [-0.05, 0) is 17.7 Å². The maximum absolute atomic E-state index is 5.45. The zero-order valence-corrected chi connectivity index (χ0v) is 12.7. The van der Waals surface area contributed by atoms with Gasteiger partial charge in [0.05, 0.1) is 32.5 Å². The molecular formula is C18H18N2O2. The largest absolute Gasteiger partial charge is 0.496 e. The van der Waals surface area contributed by atoms with Crippen molar-refractivity contribution in [2.24, 2.45) is 0 Å². The summed E-state index contributed by atoms with van der Waals surface area (Å²) in [6.07, 6.45) is 3.84. The highest BCUT2D eigenvalue weighted by atomic mass is 16.5. The second-order valence-corrected chi connectivity index (χ2v) is 4.95. The molecule has 1 aromatic heterocycles. The Kier molecular flexibility index (Phi) is 4.10. The van der Waals surface area contributed by atoms with Crippen LogP contribution in [0.3, 0.4) is 0 Å². The Labute approximate surface area is 129 Å². The Morgan fingerprint density at radius 3 is 2.23 bits per heavy atom. The van der Waals surface area contributed by atoms with Gasteiger partial charge in [0.1, 0.15) is 11.5 Å². The maximum atomic E-state index is 5.45. The Morgan fingerprint density at radius 2 is 1.59 bits per heavy atom. The van der Waals surface area contributed by atoms with Crippen LogP contribution in [0.1, 0.15) is 5.56 Å². The van der Waals surface area contributed by atoms with E-state index in [1.807, 2.05) is 53.5 Å². The summed E-state index contributed by atoms with van der Waals surface area (Å²) in [5.74, 6) is 1.55. The highest BCUT2D eigenvalue weighted by Gasteiger charge is 2.14. The Balaban J connectivity index is 1.94. The van der Waals surface area contributed by atoms with E-state index >= 15 is 0 Å². The fraction of sp³-hybridized carbons (Fsp3) is 0.167. The van der Waals surface area contributed by atoms with Gasteiger partial charge in [-0.25, -0.2) is 0 Å². The third kappa shape index (κ3) is 2.81. The molecule has 0 aliphatic rings. The number of benzene rings is 2. The quantitative estimate of drug-likeness (QED) is 0.721. The molecule has 2 aromatic carbocycles. The maximum Gasteiger partial charge on any atom is 0.130 e. The van der Waals surface area contributed by atoms with Crippen molar-refractivity contribution in [3.8, 4) is 22.6 Å². The van der Waals surface area contributed by atoms with E-state index in [1.54, 1.807) is 14.2 Å². The minimum atomic E-state index is 0.734. The van der Waals surface area contributed by atoms with Crippen molar-refractivity contribution in [2.75, 3.05) is 14.2 Å². The average molecular weight is 294 g/mol. The number of ether oxygens (including phenoxy) is 2. The first-order valence-electron chi connectivity index (χ1n) is 7.09. The van der Waals surface area contributed by atoms with Crippen LogP contribution in [-0.4, -0.2) is 24.0 Å². The molecule has 0 atom stereocenters. The number of hydrogen-bond acceptors (Lipinski definition) is 3. The van der Waals surface area contributed by atoms with Crippen molar-refractivity contribution in [1.82, 2.24) is 9.78 Å². The summed E-state index contributed by atoms with van der Waals surface area (Å²) in [5.41, 5.74) is 3.11. The third-order valence-electron chi connectivity index (χ3n) is 3.54. The molecule has 0 radical (unpaired) electrons. The lowest BCUT2D eigenvalue weighted by atomic mass is 10.1. The number of aromatic nitrogens is 2. The number of nitrogens with zero attached hydrogens (tertiary/aromatic N) is 2. The van der Waals surface area contributed by atoms with Gasteiger partial charge in [-0.3, -0.25) is 4.68 Å². The van der Waals surface area contributed by atoms with Crippen LogP contribution in [0.2, 0.25) is 0 Å². The molecule has 0 aliphatic heterocycles. The van der Waals surface area contributed by atoms with Crippen molar-refractivity contribution in [3.63, 3.8) is 0 Å². The average Bonchev–Trinajstić information content (AvgIpc) is 3.03. The third-order valence-corrected chi connectivity index (χ3v) is 3.54. The summed E-state index contributed by atoms with van der Waals surface area (Å²) in [6.45, 7) is 0.734. The minimum Gasteiger partial charge on any atom is -0.496 e. The van der Waals surface area contributed by atoms with E-state index in [0.717, 1.165) is 29.2 Å². The van der Waals surface area contributed by atoms with Gasteiger partial charge < -0.3 is 9.47 Å². The molecule has 1 heterocycles. The molecule has 0 amide bonds. The van der Waals surface area contributed by atoms with E-state index in [2.05, 4.69) is 17.2 Å². The van der Waals surface area contributed by atoms with Gasteiger partial charge in [-0.2, -0.15) is 5.10 Å². The lowest BCUT2D eigenvalue weighted by molar-refractivity contribution is 0.397. The van der Waals surface area contributed by atoms with Gasteiger partial charge in [-0.1, -0.05) is 36.4 Å². The monoisotopic (exact) mass is 294 g/mol. The number of methoxy groups -OCH3 is 2. The molecule has 4 nitrogen and oxygen atoms in total. The normalized spacial score (nSPS) is 10.5. The first-order chi connectivity index (χ1) is 10.8. The van der Waals surface area contributed by atoms with Crippen molar-refractivity contribution in [3.05, 3.63) is 66.5 Å². The summed E-state index contributed by atoms with van der Waals surface area (Å²) in [7, 11) is 3.32. The van der Waals surface area contributed by atoms with Crippen LogP contribution in [0.5, 0.6) is 11.5 Å². The molecule has 0 saturated heterocycles. The summed E-state index contributed by atoms with van der Waals surface area (Å²) in [4.78, 5) is 0. The van der Waals surface area contributed by atoms with Gasteiger partial charge in [-0.15, -0.1) is 0 Å². The molecule has 0 saturated carbocycles. The van der Waals surface area contributed by atoms with Gasteiger partial charge in [0.15, 0.2) is 0 Å². The molecule has 22 heavy (non-hydrogen) atoms. The Morgan fingerprint density at radius 1 is 0.909 bits per heavy atom. The molecule has 0 unspecified atom stereocenters. The van der Waals surface area contributed by atoms with E-state index in [0.29, 0.717) is 0 Å². The van der Waals surface area contributed by atoms with E-state index in [-0.39, 0.29) is 0 Å². The first-order valence-corrected chi connectivity index (χ1v) is 7.09. The van der Waals surface area contributed by atoms with Crippen LogP contribution in [0.4, 0.5) is 0 Å². The lowest BCUT2D eigenvalue weighted by Gasteiger charge is -2.11. The van der Waals surface area contributed by atoms with Crippen LogP contribution in [0, 0.1) is 0 Å². The summed E-state index contributed by atoms with van der Waals surface area (Å²) in [6, 6.07) is 16.0. The summed E-state index contributed by atoms with van der Waals surface area (Å²) < 4.78 is 12.8. The highest BCUT2D eigenvalue weighted by molar-refractivity contribution is 5.76. The lowest BCUT2D eigenvalue weighted by Crippen LogP contribution is -1.99. The minimum absolute atomic E-state index is 0.734. The zero-order valence-electron chi connectivity index (χ0n) is 12.7. The fourth-order valence-electron chi connectivity index (χ4n) is 2.49. The molecule has 3 aromatic rings. The highest BCUT2D eigenvalue weighted by Crippen LogP contribution is 2.37. The predicted molar refractivity (Wildman–Crippen MR) is 86.3 cm³/mol. The Hall–Kier alpha value is -2.75. The zero-order chi connectivity index (χ0) is 15.4. The van der Waals surface area contributed by atoms with Gasteiger partial charge in [0.2, 0.25) is 0 Å². The van der Waals surface area contributed by atoms with E-state index in [1.165, 1.54) is 5.56 Å². The van der Waals surface area contributed by atoms with Crippen molar-refractivity contribution in [2.45, 2.75) is 6.54 Å². The first kappa shape index (κ1) is 14.2. The SMILES string of the molecule is COc1cccc(OC)c1-c1cnn(Cc2ccccc2)c1. The van der Waals surface area contributed by atoms with E-state index in [9.17, 15) is 0 Å². The second kappa shape index (κ2) is 6.35. The predicted octanol–water partition coefficient (Wildman–Crippen LogP) is 3.62. The molecule has 0 spiro atoms. The number of hydrogen-bond donors (Lipinski definition) is 0. The van der Waals surface area contributed by atoms with E-state index < -0.39 is 0 Å². The van der Waals surface area contributed by atoms with Gasteiger partial charge in [0, 0.05) is 11.8 Å². The van der Waals surface area contributed by atoms with Crippen molar-refractivity contribution >= 4 is 0 Å². The van der Waals surface area contributed by atoms with Crippen molar-refractivity contribution in [1.29, 1.82) is 0 Å². The van der Waals surface area contributed by atoms with Crippen molar-refractivity contribution < 1.29 is 9.47 Å². The molecule has 0 bridgehead atoms. The van der Waals surface area contributed by atoms with Crippen LogP contribution >= 0.6 is 0 Å². The second-order valence-electron chi connectivity index (χ2n) is 4.95. The molecule has 4 heteroatoms. The molecule has 3 rings (SSSR count). The van der Waals surface area contributed by atoms with Crippen LogP contribution in [0.25, 0.3) is 11.1 Å². The van der Waals surface area contributed by atoms with Crippen LogP contribution in [0.15, 0.2) is 60.9 Å². The molecule has 0 N–H and O–H groups in total.